The van der Waals surface area contributed by atoms with Crippen LogP contribution >= 0.6 is 0 Å². The van der Waals surface area contributed by atoms with Gasteiger partial charge < -0.3 is 9.47 Å². The van der Waals surface area contributed by atoms with Gasteiger partial charge in [-0.3, -0.25) is 4.98 Å². The molecule has 7 nitrogen and oxygen atoms in total. The third-order valence-corrected chi connectivity index (χ3v) is 4.66. The number of anilines is 1. The van der Waals surface area contributed by atoms with Crippen LogP contribution in [0.5, 0.6) is 0 Å². The SMILES string of the molecule is Cc1cc(C)c(C#N)c(N2Cc3nnc(-c4ccccn4)n3[C@@H](C)C2)n1. The molecule has 1 atom stereocenters. The fourth-order valence-corrected chi connectivity index (χ4v) is 3.55. The lowest BCUT2D eigenvalue weighted by atomic mass is 10.1. The molecule has 4 rings (SSSR count). The number of nitriles is 1. The van der Waals surface area contributed by atoms with Gasteiger partial charge in [-0.15, -0.1) is 10.2 Å². The summed E-state index contributed by atoms with van der Waals surface area (Å²) in [5.41, 5.74) is 3.30. The van der Waals surface area contributed by atoms with Crippen LogP contribution in [-0.4, -0.2) is 31.3 Å². The first kappa shape index (κ1) is 16.2. The fraction of sp³-hybridized carbons (Fsp3) is 0.316. The number of hydrogen-bond donors (Lipinski definition) is 0. The van der Waals surface area contributed by atoms with E-state index in [1.807, 2.05) is 38.1 Å². The van der Waals surface area contributed by atoms with Gasteiger partial charge >= 0.3 is 0 Å². The minimum Gasteiger partial charge on any atom is -0.346 e. The van der Waals surface area contributed by atoms with Crippen molar-refractivity contribution < 1.29 is 0 Å². The minimum atomic E-state index is 0.139. The zero-order valence-electron chi connectivity index (χ0n) is 15.0. The topological polar surface area (TPSA) is 83.5 Å². The largest absolute Gasteiger partial charge is 0.346 e. The van der Waals surface area contributed by atoms with Gasteiger partial charge in [0.1, 0.15) is 17.6 Å². The number of hydrogen-bond acceptors (Lipinski definition) is 6. The lowest BCUT2D eigenvalue weighted by Crippen LogP contribution is -2.37. The first-order valence-corrected chi connectivity index (χ1v) is 8.57. The van der Waals surface area contributed by atoms with Crippen molar-refractivity contribution in [2.24, 2.45) is 0 Å². The highest BCUT2D eigenvalue weighted by atomic mass is 15.4. The Morgan fingerprint density at radius 1 is 1.23 bits per heavy atom. The molecule has 1 aliphatic heterocycles. The molecule has 0 saturated heterocycles. The van der Waals surface area contributed by atoms with E-state index in [1.54, 1.807) is 6.20 Å². The number of nitrogens with zero attached hydrogens (tertiary/aromatic N) is 7. The third-order valence-electron chi connectivity index (χ3n) is 4.66. The highest BCUT2D eigenvalue weighted by Crippen LogP contribution is 2.31. The van der Waals surface area contributed by atoms with Crippen LogP contribution < -0.4 is 4.90 Å². The van der Waals surface area contributed by atoms with Crippen LogP contribution in [0.4, 0.5) is 5.82 Å². The molecule has 3 aromatic rings. The van der Waals surface area contributed by atoms with Gasteiger partial charge in [0, 0.05) is 18.4 Å². The molecule has 0 amide bonds. The molecule has 0 fully saturated rings. The summed E-state index contributed by atoms with van der Waals surface area (Å²) in [6.45, 7) is 7.32. The minimum absolute atomic E-state index is 0.139. The van der Waals surface area contributed by atoms with E-state index < -0.39 is 0 Å². The van der Waals surface area contributed by atoms with Crippen molar-refractivity contribution >= 4 is 5.82 Å². The number of rotatable bonds is 2. The van der Waals surface area contributed by atoms with E-state index in [2.05, 4.69) is 42.6 Å². The van der Waals surface area contributed by atoms with Gasteiger partial charge in [-0.2, -0.15) is 5.26 Å². The molecule has 1 aliphatic rings. The molecule has 26 heavy (non-hydrogen) atoms. The summed E-state index contributed by atoms with van der Waals surface area (Å²) < 4.78 is 2.13. The Balaban J connectivity index is 1.75. The zero-order chi connectivity index (χ0) is 18.3. The number of fused-ring (bicyclic) bond motifs is 1. The molecular formula is C19H19N7. The molecule has 130 valence electrons. The first-order valence-electron chi connectivity index (χ1n) is 8.57. The maximum absolute atomic E-state index is 9.58. The standard InChI is InChI=1S/C19H19N7/c1-12-8-13(2)22-18(15(12)9-20)25-10-14(3)26-17(11-25)23-24-19(26)16-6-4-5-7-21-16/h4-8,14H,10-11H2,1-3H3/t14-/m0/s1. The Labute approximate surface area is 152 Å². The summed E-state index contributed by atoms with van der Waals surface area (Å²) in [6.07, 6.45) is 1.76. The van der Waals surface area contributed by atoms with Gasteiger partial charge in [-0.1, -0.05) is 6.07 Å². The van der Waals surface area contributed by atoms with Crippen LogP contribution in [0.2, 0.25) is 0 Å². The molecule has 7 heteroatoms. The number of pyridine rings is 2. The van der Waals surface area contributed by atoms with E-state index in [1.165, 1.54) is 0 Å². The van der Waals surface area contributed by atoms with Gasteiger partial charge in [-0.25, -0.2) is 4.98 Å². The molecule has 0 spiro atoms. The van der Waals surface area contributed by atoms with E-state index in [-0.39, 0.29) is 6.04 Å². The molecule has 0 bridgehead atoms. The Morgan fingerprint density at radius 2 is 2.08 bits per heavy atom. The average molecular weight is 345 g/mol. The second kappa shape index (κ2) is 6.23. The summed E-state index contributed by atoms with van der Waals surface area (Å²) in [5.74, 6) is 2.36. The first-order chi connectivity index (χ1) is 12.6. The second-order valence-corrected chi connectivity index (χ2v) is 6.65. The number of aromatic nitrogens is 5. The van der Waals surface area contributed by atoms with Crippen LogP contribution in [-0.2, 0) is 6.54 Å². The Kier molecular flexibility index (Phi) is 3.88. The van der Waals surface area contributed by atoms with E-state index in [0.717, 1.165) is 41.0 Å². The van der Waals surface area contributed by atoms with E-state index in [9.17, 15) is 5.26 Å². The molecule has 4 heterocycles. The molecule has 0 aliphatic carbocycles. The van der Waals surface area contributed by atoms with E-state index >= 15 is 0 Å². The Hall–Kier alpha value is -3.27. The van der Waals surface area contributed by atoms with Crippen LogP contribution in [0.25, 0.3) is 11.5 Å². The zero-order valence-corrected chi connectivity index (χ0v) is 15.0. The van der Waals surface area contributed by atoms with E-state index in [0.29, 0.717) is 12.1 Å². The predicted octanol–water partition coefficient (Wildman–Crippen LogP) is 2.80. The van der Waals surface area contributed by atoms with Crippen LogP contribution in [0.3, 0.4) is 0 Å². The van der Waals surface area contributed by atoms with E-state index in [4.69, 9.17) is 0 Å². The molecule has 0 N–H and O–H groups in total. The maximum Gasteiger partial charge on any atom is 0.182 e. The third kappa shape index (κ3) is 2.60. The Bertz CT molecular complexity index is 1000. The second-order valence-electron chi connectivity index (χ2n) is 6.65. The van der Waals surface area contributed by atoms with Gasteiger partial charge in [0.05, 0.1) is 18.2 Å². The average Bonchev–Trinajstić information content (AvgIpc) is 3.06. The van der Waals surface area contributed by atoms with Crippen molar-refractivity contribution in [1.82, 2.24) is 24.7 Å². The highest BCUT2D eigenvalue weighted by molar-refractivity contribution is 5.59. The molecule has 3 aromatic heterocycles. The molecule has 0 saturated carbocycles. The highest BCUT2D eigenvalue weighted by Gasteiger charge is 2.29. The summed E-state index contributed by atoms with van der Waals surface area (Å²) in [7, 11) is 0. The lowest BCUT2D eigenvalue weighted by molar-refractivity contribution is 0.463. The van der Waals surface area contributed by atoms with Crippen molar-refractivity contribution in [2.45, 2.75) is 33.4 Å². The predicted molar refractivity (Wildman–Crippen MR) is 97.4 cm³/mol. The van der Waals surface area contributed by atoms with Crippen molar-refractivity contribution in [3.05, 3.63) is 53.1 Å². The molecule has 0 aromatic carbocycles. The van der Waals surface area contributed by atoms with Crippen LogP contribution in [0, 0.1) is 25.2 Å². The summed E-state index contributed by atoms with van der Waals surface area (Å²) in [6, 6.07) is 10.2. The van der Waals surface area contributed by atoms with Gasteiger partial charge in [0.25, 0.3) is 0 Å². The van der Waals surface area contributed by atoms with Gasteiger partial charge in [0.15, 0.2) is 11.6 Å². The summed E-state index contributed by atoms with van der Waals surface area (Å²) >= 11 is 0. The van der Waals surface area contributed by atoms with Gasteiger partial charge in [-0.05, 0) is 44.5 Å². The molecule has 0 unspecified atom stereocenters. The van der Waals surface area contributed by atoms with Crippen molar-refractivity contribution in [1.29, 1.82) is 5.26 Å². The fourth-order valence-electron chi connectivity index (χ4n) is 3.55. The van der Waals surface area contributed by atoms with Crippen molar-refractivity contribution in [2.75, 3.05) is 11.4 Å². The van der Waals surface area contributed by atoms with Crippen molar-refractivity contribution in [3.63, 3.8) is 0 Å². The van der Waals surface area contributed by atoms with Crippen LogP contribution in [0.15, 0.2) is 30.5 Å². The summed E-state index contributed by atoms with van der Waals surface area (Å²) in [5, 5.41) is 18.3. The number of aryl methyl sites for hydroxylation is 2. The molecule has 0 radical (unpaired) electrons. The maximum atomic E-state index is 9.58. The lowest BCUT2D eigenvalue weighted by Gasteiger charge is -2.34. The van der Waals surface area contributed by atoms with Gasteiger partial charge in [0.2, 0.25) is 0 Å². The summed E-state index contributed by atoms with van der Waals surface area (Å²) in [4.78, 5) is 11.2. The molecular weight excluding hydrogens is 326 g/mol. The van der Waals surface area contributed by atoms with Crippen molar-refractivity contribution in [3.8, 4) is 17.6 Å². The quantitative estimate of drug-likeness (QED) is 0.710. The normalized spacial score (nSPS) is 16.2. The monoisotopic (exact) mass is 345 g/mol. The smallest absolute Gasteiger partial charge is 0.182 e. The van der Waals surface area contributed by atoms with Crippen LogP contribution in [0.1, 0.15) is 35.6 Å². The Morgan fingerprint density at radius 3 is 2.81 bits per heavy atom.